The highest BCUT2D eigenvalue weighted by Crippen LogP contribution is 2.44. The van der Waals surface area contributed by atoms with Crippen LogP contribution in [0.3, 0.4) is 0 Å². The number of carbonyl (C=O) groups is 2. The highest BCUT2D eigenvalue weighted by molar-refractivity contribution is 6.30. The van der Waals surface area contributed by atoms with Crippen molar-refractivity contribution in [3.8, 4) is 0 Å². The Morgan fingerprint density at radius 2 is 1.77 bits per heavy atom. The SMILES string of the molecule is Cc1nc(N2CCN(C(=O)c3ccc4c(n3)C(C)(C)CN4c3ccc(Cl)c(F)c3)C(C)(C)C2)ncc1C(=O)O.Cl. The number of halogens is 3. The van der Waals surface area contributed by atoms with E-state index in [1.54, 1.807) is 19.1 Å². The molecule has 9 nitrogen and oxygen atoms in total. The first-order valence-electron chi connectivity index (χ1n) is 12.7. The number of hydrogen-bond acceptors (Lipinski definition) is 7. The molecule has 2 aliphatic heterocycles. The van der Waals surface area contributed by atoms with Gasteiger partial charge in [0, 0.05) is 43.5 Å². The lowest BCUT2D eigenvalue weighted by Crippen LogP contribution is -2.61. The van der Waals surface area contributed by atoms with E-state index in [1.165, 1.54) is 18.3 Å². The van der Waals surface area contributed by atoms with E-state index >= 15 is 0 Å². The molecule has 1 fully saturated rings. The van der Waals surface area contributed by atoms with E-state index in [4.69, 9.17) is 16.6 Å². The second kappa shape index (κ2) is 10.5. The van der Waals surface area contributed by atoms with Crippen molar-refractivity contribution in [1.82, 2.24) is 19.9 Å². The van der Waals surface area contributed by atoms with Gasteiger partial charge in [0.1, 0.15) is 11.5 Å². The maximum atomic E-state index is 14.2. The smallest absolute Gasteiger partial charge is 0.339 e. The van der Waals surface area contributed by atoms with E-state index in [2.05, 4.69) is 23.8 Å². The van der Waals surface area contributed by atoms with Crippen LogP contribution in [0.4, 0.5) is 21.7 Å². The first-order valence-corrected chi connectivity index (χ1v) is 13.0. The van der Waals surface area contributed by atoms with Crippen LogP contribution < -0.4 is 9.80 Å². The zero-order valence-corrected chi connectivity index (χ0v) is 24.5. The predicted molar refractivity (Wildman–Crippen MR) is 154 cm³/mol. The molecular formula is C28H31Cl2FN6O3. The van der Waals surface area contributed by atoms with Crippen LogP contribution in [0, 0.1) is 12.7 Å². The lowest BCUT2D eigenvalue weighted by molar-refractivity contribution is 0.0505. The van der Waals surface area contributed by atoms with E-state index in [-0.39, 0.29) is 34.3 Å². The van der Waals surface area contributed by atoms with Crippen molar-refractivity contribution in [3.05, 3.63) is 70.0 Å². The number of anilines is 3. The number of carboxylic acids is 1. The van der Waals surface area contributed by atoms with Crippen molar-refractivity contribution < 1.29 is 19.1 Å². The van der Waals surface area contributed by atoms with Crippen LogP contribution in [0.5, 0.6) is 0 Å². The molecule has 1 N–H and O–H groups in total. The number of nitrogens with zero attached hydrogens (tertiary/aromatic N) is 6. The van der Waals surface area contributed by atoms with E-state index in [0.717, 1.165) is 11.4 Å². The standard InChI is InChI=1S/C28H30ClFN6O3.ClH/c1-16-18(25(38)39)13-31-26(32-16)34-10-11-36(28(4,5)15-34)24(37)21-8-9-22-23(33-21)27(2,3)14-35(22)17-6-7-19(29)20(30)12-17;/h6-9,12-13H,10-11,14-15H2,1-5H3,(H,38,39);1H. The molecule has 0 aliphatic carbocycles. The fraction of sp³-hybridized carbons (Fsp3) is 0.393. The molecule has 0 atom stereocenters. The second-order valence-corrected chi connectivity index (χ2v) is 11.7. The van der Waals surface area contributed by atoms with Gasteiger partial charge in [-0.1, -0.05) is 25.4 Å². The summed E-state index contributed by atoms with van der Waals surface area (Å²) in [6.45, 7) is 11.7. The maximum Gasteiger partial charge on any atom is 0.339 e. The number of rotatable bonds is 4. The normalized spacial score (nSPS) is 17.3. The van der Waals surface area contributed by atoms with Crippen LogP contribution in [-0.4, -0.2) is 68.6 Å². The number of amides is 1. The average Bonchev–Trinajstić information content (AvgIpc) is 3.14. The number of pyridine rings is 1. The minimum absolute atomic E-state index is 0. The average molecular weight is 589 g/mol. The molecule has 12 heteroatoms. The molecule has 40 heavy (non-hydrogen) atoms. The van der Waals surface area contributed by atoms with E-state index in [0.29, 0.717) is 49.2 Å². The number of hydrogen-bond donors (Lipinski definition) is 1. The number of piperazine rings is 1. The summed E-state index contributed by atoms with van der Waals surface area (Å²) >= 11 is 5.89. The molecule has 1 saturated heterocycles. The summed E-state index contributed by atoms with van der Waals surface area (Å²) in [5, 5.41) is 9.34. The lowest BCUT2D eigenvalue weighted by atomic mass is 9.91. The van der Waals surface area contributed by atoms with Gasteiger partial charge in [0.2, 0.25) is 5.95 Å². The predicted octanol–water partition coefficient (Wildman–Crippen LogP) is 5.26. The highest BCUT2D eigenvalue weighted by Gasteiger charge is 2.41. The molecule has 0 bridgehead atoms. The molecular weight excluding hydrogens is 558 g/mol. The van der Waals surface area contributed by atoms with Gasteiger partial charge in [-0.2, -0.15) is 0 Å². The first kappa shape index (κ1) is 29.5. The minimum Gasteiger partial charge on any atom is -0.478 e. The van der Waals surface area contributed by atoms with Gasteiger partial charge in [-0.3, -0.25) is 4.79 Å². The van der Waals surface area contributed by atoms with Gasteiger partial charge in [-0.25, -0.2) is 24.1 Å². The Labute approximate surface area is 243 Å². The third-order valence-electron chi connectivity index (χ3n) is 7.42. The Morgan fingerprint density at radius 3 is 2.40 bits per heavy atom. The highest BCUT2D eigenvalue weighted by atomic mass is 35.5. The summed E-state index contributed by atoms with van der Waals surface area (Å²) in [5.74, 6) is -1.29. The number of aryl methyl sites for hydroxylation is 1. The molecule has 212 valence electrons. The maximum absolute atomic E-state index is 14.2. The third-order valence-corrected chi connectivity index (χ3v) is 7.73. The van der Waals surface area contributed by atoms with Crippen molar-refractivity contribution in [3.63, 3.8) is 0 Å². The van der Waals surface area contributed by atoms with Crippen molar-refractivity contribution in [2.24, 2.45) is 0 Å². The molecule has 0 spiro atoms. The zero-order chi connectivity index (χ0) is 28.3. The molecule has 5 rings (SSSR count). The number of carbonyl (C=O) groups excluding carboxylic acids is 1. The monoisotopic (exact) mass is 588 g/mol. The third kappa shape index (κ3) is 5.17. The summed E-state index contributed by atoms with van der Waals surface area (Å²) in [5.41, 5.74) is 2.17. The van der Waals surface area contributed by atoms with Crippen molar-refractivity contribution in [2.45, 2.75) is 45.6 Å². The van der Waals surface area contributed by atoms with E-state index < -0.39 is 17.3 Å². The fourth-order valence-electron chi connectivity index (χ4n) is 5.38. The van der Waals surface area contributed by atoms with Crippen molar-refractivity contribution in [2.75, 3.05) is 36.0 Å². The van der Waals surface area contributed by atoms with Gasteiger partial charge in [-0.15, -0.1) is 12.4 Å². The van der Waals surface area contributed by atoms with Crippen molar-refractivity contribution in [1.29, 1.82) is 0 Å². The Morgan fingerprint density at radius 1 is 1.05 bits per heavy atom. The van der Waals surface area contributed by atoms with Crippen LogP contribution >= 0.6 is 24.0 Å². The summed E-state index contributed by atoms with van der Waals surface area (Å²) < 4.78 is 14.2. The molecule has 1 aromatic carbocycles. The molecule has 4 heterocycles. The number of aromatic nitrogens is 3. The molecule has 2 aromatic heterocycles. The van der Waals surface area contributed by atoms with Gasteiger partial charge >= 0.3 is 5.97 Å². The van der Waals surface area contributed by atoms with Gasteiger partial charge in [-0.05, 0) is 51.1 Å². The second-order valence-electron chi connectivity index (χ2n) is 11.3. The van der Waals surface area contributed by atoms with Gasteiger partial charge in [0.25, 0.3) is 5.91 Å². The molecule has 0 radical (unpaired) electrons. The number of aromatic carboxylic acids is 1. The minimum atomic E-state index is -1.07. The Balaban J connectivity index is 0.00000370. The van der Waals surface area contributed by atoms with Crippen LogP contribution in [0.25, 0.3) is 0 Å². The van der Waals surface area contributed by atoms with Crippen LogP contribution in [0.15, 0.2) is 36.5 Å². The van der Waals surface area contributed by atoms with Crippen LogP contribution in [-0.2, 0) is 5.41 Å². The quantitative estimate of drug-likeness (QED) is 0.440. The molecule has 2 aliphatic rings. The Hall–Kier alpha value is -3.50. The van der Waals surface area contributed by atoms with E-state index in [9.17, 15) is 19.1 Å². The fourth-order valence-corrected chi connectivity index (χ4v) is 5.50. The number of benzene rings is 1. The van der Waals surface area contributed by atoms with E-state index in [1.807, 2.05) is 34.6 Å². The van der Waals surface area contributed by atoms with Crippen LogP contribution in [0.1, 0.15) is 59.9 Å². The Bertz CT molecular complexity index is 1500. The molecule has 1 amide bonds. The first-order chi connectivity index (χ1) is 18.3. The zero-order valence-electron chi connectivity index (χ0n) is 22.9. The summed E-state index contributed by atoms with van der Waals surface area (Å²) in [6, 6.07) is 8.33. The topological polar surface area (TPSA) is 103 Å². The molecule has 0 unspecified atom stereocenters. The lowest BCUT2D eigenvalue weighted by Gasteiger charge is -2.47. The molecule has 0 saturated carbocycles. The van der Waals surface area contributed by atoms with Gasteiger partial charge < -0.3 is 19.8 Å². The number of carboxylic acid groups (broad SMARTS) is 1. The Kier molecular flexibility index (Phi) is 7.72. The van der Waals surface area contributed by atoms with Crippen molar-refractivity contribution >= 4 is 53.2 Å². The molecule has 3 aromatic rings. The van der Waals surface area contributed by atoms with Gasteiger partial charge in [0.15, 0.2) is 0 Å². The van der Waals surface area contributed by atoms with Crippen LogP contribution in [0.2, 0.25) is 5.02 Å². The summed E-state index contributed by atoms with van der Waals surface area (Å²) in [4.78, 5) is 44.3. The largest absolute Gasteiger partial charge is 0.478 e. The number of fused-ring (bicyclic) bond motifs is 1. The van der Waals surface area contributed by atoms with Gasteiger partial charge in [0.05, 0.1) is 33.2 Å². The summed E-state index contributed by atoms with van der Waals surface area (Å²) in [6.07, 6.45) is 1.32. The summed E-state index contributed by atoms with van der Waals surface area (Å²) in [7, 11) is 0.